The van der Waals surface area contributed by atoms with Gasteiger partial charge in [0.05, 0.1) is 0 Å². The average Bonchev–Trinajstić information content (AvgIpc) is 3.50. The second-order valence-electron chi connectivity index (χ2n) is 7.70. The fourth-order valence-electron chi connectivity index (χ4n) is 3.96. The first kappa shape index (κ1) is 20.4. The van der Waals surface area contributed by atoms with Crippen LogP contribution in [0.4, 0.5) is 4.79 Å². The molecule has 30 heavy (non-hydrogen) atoms. The zero-order chi connectivity index (χ0) is 21.1. The molecule has 3 atom stereocenters. The van der Waals surface area contributed by atoms with Crippen LogP contribution >= 0.6 is 15.9 Å². The highest BCUT2D eigenvalue weighted by molar-refractivity contribution is 9.10. The molecule has 2 amide bonds. The minimum atomic E-state index is -1.02. The normalized spacial score (nSPS) is 20.2. The number of benzene rings is 2. The van der Waals surface area contributed by atoms with E-state index in [1.807, 2.05) is 54.6 Å². The molecule has 0 bridgehead atoms. The van der Waals surface area contributed by atoms with Crippen molar-refractivity contribution in [3.63, 3.8) is 0 Å². The fourth-order valence-corrected chi connectivity index (χ4v) is 4.22. The second-order valence-corrected chi connectivity index (χ2v) is 8.61. The number of carbonyl (C=O) groups is 2. The predicted octanol–water partition coefficient (Wildman–Crippen LogP) is 5.73. The van der Waals surface area contributed by atoms with Gasteiger partial charge < -0.3 is 4.74 Å². The monoisotopic (exact) mass is 468 g/mol. The summed E-state index contributed by atoms with van der Waals surface area (Å²) in [5.41, 5.74) is 11.0. The average molecular weight is 469 g/mol. The maximum atomic E-state index is 13.6. The molecule has 0 radical (unpaired) electrons. The van der Waals surface area contributed by atoms with E-state index < -0.39 is 24.1 Å². The molecule has 1 saturated carbocycles. The standard InChI is InChI=1S/C22H21BrN4O3/c23-17-10-8-15(9-11-17)18(12-14-6-7-14)20(25-26-24)21(28)27-19(13-30-22(27)29)16-4-2-1-3-5-16/h1-5,8-11,14,18-20H,6-7,12-13H2/t18-,19-,20-/m0/s1. The van der Waals surface area contributed by atoms with Crippen LogP contribution in [0.25, 0.3) is 10.4 Å². The Morgan fingerprint density at radius 3 is 2.53 bits per heavy atom. The van der Waals surface area contributed by atoms with E-state index >= 15 is 0 Å². The lowest BCUT2D eigenvalue weighted by molar-refractivity contribution is -0.131. The summed E-state index contributed by atoms with van der Waals surface area (Å²) < 4.78 is 6.13. The minimum Gasteiger partial charge on any atom is -0.446 e. The highest BCUT2D eigenvalue weighted by Gasteiger charge is 2.44. The molecular formula is C22H21BrN4O3. The van der Waals surface area contributed by atoms with Gasteiger partial charge in [-0.15, -0.1) is 0 Å². The van der Waals surface area contributed by atoms with E-state index in [4.69, 9.17) is 4.74 Å². The van der Waals surface area contributed by atoms with Gasteiger partial charge in [0, 0.05) is 15.3 Å². The van der Waals surface area contributed by atoms with E-state index in [2.05, 4.69) is 26.0 Å². The van der Waals surface area contributed by atoms with Crippen LogP contribution in [0.1, 0.15) is 42.3 Å². The number of ether oxygens (including phenoxy) is 1. The van der Waals surface area contributed by atoms with Crippen molar-refractivity contribution < 1.29 is 14.3 Å². The molecule has 0 unspecified atom stereocenters. The van der Waals surface area contributed by atoms with Gasteiger partial charge in [-0.2, -0.15) is 0 Å². The lowest BCUT2D eigenvalue weighted by Crippen LogP contribution is -2.43. The van der Waals surface area contributed by atoms with E-state index in [1.165, 1.54) is 0 Å². The number of rotatable bonds is 7. The number of nitrogens with zero attached hydrogens (tertiary/aromatic N) is 4. The van der Waals surface area contributed by atoms with Crippen molar-refractivity contribution in [1.82, 2.24) is 4.90 Å². The highest BCUT2D eigenvalue weighted by Crippen LogP contribution is 2.42. The molecular weight excluding hydrogens is 448 g/mol. The van der Waals surface area contributed by atoms with Crippen molar-refractivity contribution in [2.24, 2.45) is 11.0 Å². The largest absolute Gasteiger partial charge is 0.446 e. The van der Waals surface area contributed by atoms with Gasteiger partial charge in [0.1, 0.15) is 18.7 Å². The van der Waals surface area contributed by atoms with Crippen LogP contribution in [-0.4, -0.2) is 29.5 Å². The second kappa shape index (κ2) is 8.90. The first-order valence-corrected chi connectivity index (χ1v) is 10.7. The molecule has 2 aliphatic rings. The van der Waals surface area contributed by atoms with Gasteiger partial charge >= 0.3 is 6.09 Å². The Labute approximate surface area is 182 Å². The molecule has 2 aromatic rings. The van der Waals surface area contributed by atoms with Gasteiger partial charge in [-0.1, -0.05) is 76.4 Å². The fraction of sp³-hybridized carbons (Fsp3) is 0.364. The van der Waals surface area contributed by atoms with Crippen LogP contribution < -0.4 is 0 Å². The summed E-state index contributed by atoms with van der Waals surface area (Å²) in [4.78, 5) is 30.1. The summed E-state index contributed by atoms with van der Waals surface area (Å²) in [5, 5.41) is 3.88. The molecule has 1 saturated heterocycles. The van der Waals surface area contributed by atoms with Gasteiger partial charge in [0.2, 0.25) is 5.91 Å². The molecule has 1 heterocycles. The maximum Gasteiger partial charge on any atom is 0.417 e. The zero-order valence-corrected chi connectivity index (χ0v) is 17.8. The quantitative estimate of drug-likeness (QED) is 0.294. The molecule has 0 spiro atoms. The molecule has 2 fully saturated rings. The number of hydrogen-bond donors (Lipinski definition) is 0. The predicted molar refractivity (Wildman–Crippen MR) is 115 cm³/mol. The Balaban J connectivity index is 1.68. The smallest absolute Gasteiger partial charge is 0.417 e. The van der Waals surface area contributed by atoms with Gasteiger partial charge in [0.25, 0.3) is 0 Å². The van der Waals surface area contributed by atoms with Crippen molar-refractivity contribution in [3.05, 3.63) is 80.6 Å². The Morgan fingerprint density at radius 2 is 1.90 bits per heavy atom. The van der Waals surface area contributed by atoms with Crippen molar-refractivity contribution in [1.29, 1.82) is 0 Å². The van der Waals surface area contributed by atoms with E-state index in [0.29, 0.717) is 5.92 Å². The summed E-state index contributed by atoms with van der Waals surface area (Å²) in [5.74, 6) is -0.324. The van der Waals surface area contributed by atoms with Gasteiger partial charge in [0.15, 0.2) is 0 Å². The number of halogens is 1. The highest BCUT2D eigenvalue weighted by atomic mass is 79.9. The number of imide groups is 1. The van der Waals surface area contributed by atoms with Crippen LogP contribution in [0.15, 0.2) is 64.2 Å². The number of cyclic esters (lactones) is 1. The zero-order valence-electron chi connectivity index (χ0n) is 16.2. The summed E-state index contributed by atoms with van der Waals surface area (Å²) >= 11 is 3.43. The number of hydrogen-bond acceptors (Lipinski definition) is 4. The van der Waals surface area contributed by atoms with E-state index in [-0.39, 0.29) is 12.5 Å². The van der Waals surface area contributed by atoms with E-state index in [0.717, 1.165) is 39.8 Å². The van der Waals surface area contributed by atoms with Crippen molar-refractivity contribution in [2.45, 2.75) is 37.3 Å². The number of carbonyl (C=O) groups excluding carboxylic acids is 2. The summed E-state index contributed by atoms with van der Waals surface area (Å²) in [6.07, 6.45) is 2.23. The van der Waals surface area contributed by atoms with Crippen LogP contribution in [0.3, 0.4) is 0 Å². The van der Waals surface area contributed by atoms with Crippen molar-refractivity contribution in [3.8, 4) is 0 Å². The van der Waals surface area contributed by atoms with Crippen molar-refractivity contribution in [2.75, 3.05) is 6.61 Å². The Kier molecular flexibility index (Phi) is 6.06. The first-order valence-electron chi connectivity index (χ1n) is 9.93. The molecule has 0 N–H and O–H groups in total. The Bertz CT molecular complexity index is 972. The van der Waals surface area contributed by atoms with Gasteiger partial charge in [-0.05, 0) is 41.1 Å². The lowest BCUT2D eigenvalue weighted by Gasteiger charge is -2.28. The van der Waals surface area contributed by atoms with E-state index in [1.54, 1.807) is 0 Å². The Hall–Kier alpha value is -2.83. The van der Waals surface area contributed by atoms with Crippen molar-refractivity contribution >= 4 is 27.9 Å². The van der Waals surface area contributed by atoms with Crippen LogP contribution in [-0.2, 0) is 9.53 Å². The minimum absolute atomic E-state index is 0.0865. The van der Waals surface area contributed by atoms with Crippen LogP contribution in [0.2, 0.25) is 0 Å². The van der Waals surface area contributed by atoms with Gasteiger partial charge in [-0.3, -0.25) is 4.79 Å². The Morgan fingerprint density at radius 1 is 1.20 bits per heavy atom. The number of azide groups is 1. The molecule has 1 aliphatic carbocycles. The summed E-state index contributed by atoms with van der Waals surface area (Å²) in [6.45, 7) is 0.0865. The topological polar surface area (TPSA) is 95.4 Å². The molecule has 8 heteroatoms. The van der Waals surface area contributed by atoms with Crippen LogP contribution in [0, 0.1) is 5.92 Å². The van der Waals surface area contributed by atoms with E-state index in [9.17, 15) is 15.1 Å². The van der Waals surface area contributed by atoms with Gasteiger partial charge in [-0.25, -0.2) is 9.69 Å². The maximum absolute atomic E-state index is 13.6. The SMILES string of the molecule is [N-]=[N+]=N[C@H](C(=O)N1C(=O)OC[C@H]1c1ccccc1)[C@@H](CC1CC1)c1ccc(Br)cc1. The third-order valence-electron chi connectivity index (χ3n) is 5.69. The third-order valence-corrected chi connectivity index (χ3v) is 6.22. The molecule has 0 aromatic heterocycles. The summed E-state index contributed by atoms with van der Waals surface area (Å²) in [6, 6.07) is 15.4. The molecule has 4 rings (SSSR count). The third kappa shape index (κ3) is 4.35. The molecule has 1 aliphatic heterocycles. The first-order chi connectivity index (χ1) is 14.6. The lowest BCUT2D eigenvalue weighted by atomic mass is 9.86. The number of amides is 2. The molecule has 154 valence electrons. The van der Waals surface area contributed by atoms with Crippen LogP contribution in [0.5, 0.6) is 0 Å². The summed E-state index contributed by atoms with van der Waals surface area (Å²) in [7, 11) is 0. The molecule has 2 aromatic carbocycles. The molecule has 7 nitrogen and oxygen atoms in total.